The first kappa shape index (κ1) is 11.6. The van der Waals surface area contributed by atoms with E-state index < -0.39 is 0 Å². The van der Waals surface area contributed by atoms with Gasteiger partial charge in [-0.3, -0.25) is 0 Å². The molecule has 1 heterocycles. The molecule has 1 N–H and O–H groups in total. The number of nitrogens with zero attached hydrogens (tertiary/aromatic N) is 1. The minimum Gasteiger partial charge on any atom is -0.311 e. The highest BCUT2D eigenvalue weighted by molar-refractivity contribution is 7.99. The second kappa shape index (κ2) is 6.07. The van der Waals surface area contributed by atoms with E-state index in [1.165, 1.54) is 4.88 Å². The summed E-state index contributed by atoms with van der Waals surface area (Å²) in [6, 6.07) is 4.08. The fourth-order valence-corrected chi connectivity index (χ4v) is 2.08. The largest absolute Gasteiger partial charge is 0.311 e. The summed E-state index contributed by atoms with van der Waals surface area (Å²) >= 11 is 3.50. The van der Waals surface area contributed by atoms with Crippen LogP contribution in [0.1, 0.15) is 17.4 Å². The highest BCUT2D eigenvalue weighted by Gasteiger charge is 2.00. The molecule has 1 aromatic heterocycles. The third-order valence-corrected chi connectivity index (χ3v) is 3.82. The summed E-state index contributed by atoms with van der Waals surface area (Å²) in [7, 11) is 0. The van der Waals surface area contributed by atoms with E-state index in [9.17, 15) is 0 Å². The average Bonchev–Trinajstić information content (AvgIpc) is 2.65. The molecule has 2 nitrogen and oxygen atoms in total. The molecule has 1 rings (SSSR count). The molecular formula is C10H14N2S2. The zero-order valence-corrected chi connectivity index (χ0v) is 10.0. The quantitative estimate of drug-likeness (QED) is 0.838. The molecule has 1 atom stereocenters. The van der Waals surface area contributed by atoms with Crippen LogP contribution in [-0.2, 0) is 6.54 Å². The minimum absolute atomic E-state index is 0.644. The molecular weight excluding hydrogens is 212 g/mol. The van der Waals surface area contributed by atoms with E-state index in [4.69, 9.17) is 5.26 Å². The van der Waals surface area contributed by atoms with E-state index in [1.54, 1.807) is 11.3 Å². The van der Waals surface area contributed by atoms with Gasteiger partial charge in [-0.1, -0.05) is 6.92 Å². The van der Waals surface area contributed by atoms with Crippen LogP contribution in [-0.4, -0.2) is 18.1 Å². The molecule has 76 valence electrons. The molecule has 0 aromatic carbocycles. The van der Waals surface area contributed by atoms with Gasteiger partial charge >= 0.3 is 0 Å². The molecule has 0 amide bonds. The summed E-state index contributed by atoms with van der Waals surface area (Å²) in [6.45, 7) is 4.09. The Morgan fingerprint density at radius 2 is 2.50 bits per heavy atom. The number of hydrogen-bond donors (Lipinski definition) is 1. The van der Waals surface area contributed by atoms with E-state index >= 15 is 0 Å². The van der Waals surface area contributed by atoms with Crippen molar-refractivity contribution in [3.8, 4) is 6.07 Å². The lowest BCUT2D eigenvalue weighted by molar-refractivity contribution is 0.691. The van der Waals surface area contributed by atoms with E-state index in [-0.39, 0.29) is 0 Å². The topological polar surface area (TPSA) is 35.8 Å². The Hall–Kier alpha value is -0.500. The molecule has 1 unspecified atom stereocenters. The first-order chi connectivity index (χ1) is 6.76. The van der Waals surface area contributed by atoms with Gasteiger partial charge in [0.2, 0.25) is 0 Å². The van der Waals surface area contributed by atoms with Crippen molar-refractivity contribution in [3.05, 3.63) is 21.9 Å². The van der Waals surface area contributed by atoms with Crippen molar-refractivity contribution < 1.29 is 0 Å². The lowest BCUT2D eigenvalue weighted by Gasteiger charge is -2.08. The van der Waals surface area contributed by atoms with Crippen molar-refractivity contribution in [2.45, 2.75) is 18.7 Å². The van der Waals surface area contributed by atoms with Gasteiger partial charge < -0.3 is 5.32 Å². The first-order valence-corrected chi connectivity index (χ1v) is 6.64. The Bertz CT molecular complexity index is 314. The van der Waals surface area contributed by atoms with Gasteiger partial charge in [-0.15, -0.1) is 11.3 Å². The summed E-state index contributed by atoms with van der Waals surface area (Å²) < 4.78 is 0. The standard InChI is InChI=1S/C10H14N2S2/c1-8(13-2)5-12-6-10-3-9(4-11)7-14-10/h3,7-8,12H,5-6H2,1-2H3. The van der Waals surface area contributed by atoms with Crippen LogP contribution in [0.4, 0.5) is 0 Å². The van der Waals surface area contributed by atoms with Crippen LogP contribution in [0, 0.1) is 11.3 Å². The maximum Gasteiger partial charge on any atom is 0.100 e. The van der Waals surface area contributed by atoms with Crippen molar-refractivity contribution in [2.24, 2.45) is 0 Å². The monoisotopic (exact) mass is 226 g/mol. The van der Waals surface area contributed by atoms with Crippen LogP contribution in [0.25, 0.3) is 0 Å². The van der Waals surface area contributed by atoms with Crippen LogP contribution in [0.2, 0.25) is 0 Å². The summed E-state index contributed by atoms with van der Waals surface area (Å²) in [5.41, 5.74) is 0.768. The number of thiophene rings is 1. The van der Waals surface area contributed by atoms with Gasteiger partial charge in [0.15, 0.2) is 0 Å². The fraction of sp³-hybridized carbons (Fsp3) is 0.500. The summed E-state index contributed by atoms with van der Waals surface area (Å²) in [4.78, 5) is 1.23. The normalized spacial score (nSPS) is 12.4. The maximum atomic E-state index is 8.64. The molecule has 4 heteroatoms. The van der Waals surface area contributed by atoms with Crippen molar-refractivity contribution in [1.29, 1.82) is 5.26 Å². The zero-order valence-electron chi connectivity index (χ0n) is 8.41. The lowest BCUT2D eigenvalue weighted by atomic mass is 10.3. The highest BCUT2D eigenvalue weighted by atomic mass is 32.2. The Labute approximate surface area is 93.3 Å². The second-order valence-corrected chi connectivity index (χ2v) is 5.36. The fourth-order valence-electron chi connectivity index (χ4n) is 1.01. The Morgan fingerprint density at radius 3 is 3.07 bits per heavy atom. The average molecular weight is 226 g/mol. The number of hydrogen-bond acceptors (Lipinski definition) is 4. The molecule has 0 radical (unpaired) electrons. The van der Waals surface area contributed by atoms with E-state index in [0.29, 0.717) is 5.25 Å². The molecule has 0 spiro atoms. The molecule has 0 aliphatic heterocycles. The van der Waals surface area contributed by atoms with E-state index in [1.807, 2.05) is 23.2 Å². The van der Waals surface area contributed by atoms with E-state index in [2.05, 4.69) is 24.6 Å². The first-order valence-electron chi connectivity index (χ1n) is 4.47. The predicted octanol–water partition coefficient (Wildman–Crippen LogP) is 2.46. The smallest absolute Gasteiger partial charge is 0.100 e. The van der Waals surface area contributed by atoms with Crippen LogP contribution in [0.5, 0.6) is 0 Å². The van der Waals surface area contributed by atoms with Crippen LogP contribution in [0.3, 0.4) is 0 Å². The van der Waals surface area contributed by atoms with Crippen molar-refractivity contribution in [2.75, 3.05) is 12.8 Å². The number of thioether (sulfide) groups is 1. The number of nitriles is 1. The van der Waals surface area contributed by atoms with Crippen molar-refractivity contribution in [1.82, 2.24) is 5.32 Å². The van der Waals surface area contributed by atoms with Gasteiger partial charge in [0.05, 0.1) is 5.56 Å². The zero-order chi connectivity index (χ0) is 10.4. The summed E-state index contributed by atoms with van der Waals surface area (Å²) in [5.74, 6) is 0. The molecule has 14 heavy (non-hydrogen) atoms. The SMILES string of the molecule is CSC(C)CNCc1cc(C#N)cs1. The number of rotatable bonds is 5. The predicted molar refractivity (Wildman–Crippen MR) is 63.7 cm³/mol. The van der Waals surface area contributed by atoms with Gasteiger partial charge in [0.1, 0.15) is 6.07 Å². The Balaban J connectivity index is 2.28. The summed E-state index contributed by atoms with van der Waals surface area (Å²) in [5, 5.41) is 14.5. The maximum absolute atomic E-state index is 8.64. The van der Waals surface area contributed by atoms with Crippen molar-refractivity contribution >= 4 is 23.1 Å². The molecule has 0 aliphatic carbocycles. The molecule has 0 fully saturated rings. The molecule has 0 aliphatic rings. The Morgan fingerprint density at radius 1 is 1.71 bits per heavy atom. The highest BCUT2D eigenvalue weighted by Crippen LogP contribution is 2.13. The third kappa shape index (κ3) is 3.70. The number of nitrogens with one attached hydrogen (secondary N) is 1. The van der Waals surface area contributed by atoms with Gasteiger partial charge in [-0.05, 0) is 12.3 Å². The van der Waals surface area contributed by atoms with Crippen LogP contribution >= 0.6 is 23.1 Å². The lowest BCUT2D eigenvalue weighted by Crippen LogP contribution is -2.21. The molecule has 0 bridgehead atoms. The van der Waals surface area contributed by atoms with Crippen molar-refractivity contribution in [3.63, 3.8) is 0 Å². The second-order valence-electron chi connectivity index (χ2n) is 3.09. The third-order valence-electron chi connectivity index (χ3n) is 1.92. The van der Waals surface area contributed by atoms with Gasteiger partial charge in [0.25, 0.3) is 0 Å². The molecule has 0 saturated heterocycles. The summed E-state index contributed by atoms with van der Waals surface area (Å²) in [6.07, 6.45) is 2.12. The van der Waals surface area contributed by atoms with E-state index in [0.717, 1.165) is 18.7 Å². The minimum atomic E-state index is 0.644. The molecule has 1 aromatic rings. The van der Waals surface area contributed by atoms with Gasteiger partial charge in [0, 0.05) is 28.6 Å². The van der Waals surface area contributed by atoms with Crippen LogP contribution in [0.15, 0.2) is 11.4 Å². The van der Waals surface area contributed by atoms with Gasteiger partial charge in [-0.25, -0.2) is 0 Å². The van der Waals surface area contributed by atoms with Crippen LogP contribution < -0.4 is 5.32 Å². The van der Waals surface area contributed by atoms with Gasteiger partial charge in [-0.2, -0.15) is 17.0 Å². The Kier molecular flexibility index (Phi) is 5.02. The molecule has 0 saturated carbocycles.